The van der Waals surface area contributed by atoms with Crippen molar-refractivity contribution in [1.29, 1.82) is 0 Å². The van der Waals surface area contributed by atoms with Crippen LogP contribution >= 0.6 is 22.9 Å². The van der Waals surface area contributed by atoms with E-state index >= 15 is 0 Å². The summed E-state index contributed by atoms with van der Waals surface area (Å²) in [5.74, 6) is -0.467. The van der Waals surface area contributed by atoms with Crippen LogP contribution in [0.3, 0.4) is 0 Å². The summed E-state index contributed by atoms with van der Waals surface area (Å²) in [6.07, 6.45) is 0. The first-order valence-electron chi connectivity index (χ1n) is 5.25. The maximum atomic E-state index is 11.7. The summed E-state index contributed by atoms with van der Waals surface area (Å²) >= 11 is 7.30. The van der Waals surface area contributed by atoms with Gasteiger partial charge in [-0.2, -0.15) is 0 Å². The molecule has 0 atom stereocenters. The summed E-state index contributed by atoms with van der Waals surface area (Å²) in [5.41, 5.74) is 6.48. The zero-order valence-corrected chi connectivity index (χ0v) is 11.0. The fraction of sp³-hybridized carbons (Fsp3) is 0.167. The second-order valence-electron chi connectivity index (χ2n) is 3.50. The van der Waals surface area contributed by atoms with Crippen molar-refractivity contribution in [2.24, 2.45) is 5.73 Å². The highest BCUT2D eigenvalue weighted by Gasteiger charge is 2.12. The lowest BCUT2D eigenvalue weighted by molar-refractivity contribution is 0.0466. The first kappa shape index (κ1) is 13.0. The molecule has 1 aromatic heterocycles. The number of carbonyl (C=O) groups is 1. The standard InChI is InChI=1S/C12H11ClN2O2S/c13-9-4-2-1-3-8(9)6-17-12(16)10-7-18-11(5-14)15-10/h1-4,7H,5-6,14H2. The van der Waals surface area contributed by atoms with E-state index in [0.717, 1.165) is 5.56 Å². The van der Waals surface area contributed by atoms with Crippen molar-refractivity contribution in [2.45, 2.75) is 13.2 Å². The number of benzene rings is 1. The van der Waals surface area contributed by atoms with Gasteiger partial charge in [0.25, 0.3) is 0 Å². The van der Waals surface area contributed by atoms with Crippen LogP contribution in [0.5, 0.6) is 0 Å². The zero-order valence-electron chi connectivity index (χ0n) is 9.43. The molecule has 0 bridgehead atoms. The van der Waals surface area contributed by atoms with Crippen LogP contribution in [0.25, 0.3) is 0 Å². The van der Waals surface area contributed by atoms with Gasteiger partial charge in [-0.05, 0) is 6.07 Å². The van der Waals surface area contributed by atoms with Gasteiger partial charge < -0.3 is 10.5 Å². The number of hydrogen-bond donors (Lipinski definition) is 1. The van der Waals surface area contributed by atoms with E-state index < -0.39 is 5.97 Å². The molecule has 0 fully saturated rings. The van der Waals surface area contributed by atoms with Gasteiger partial charge in [-0.15, -0.1) is 11.3 Å². The Labute approximate surface area is 113 Å². The van der Waals surface area contributed by atoms with Crippen LogP contribution in [-0.2, 0) is 17.9 Å². The highest BCUT2D eigenvalue weighted by Crippen LogP contribution is 2.17. The number of nitrogens with zero attached hydrogens (tertiary/aromatic N) is 1. The molecular weight excluding hydrogens is 272 g/mol. The quantitative estimate of drug-likeness (QED) is 0.876. The molecule has 2 N–H and O–H groups in total. The first-order valence-corrected chi connectivity index (χ1v) is 6.51. The maximum absolute atomic E-state index is 11.7. The Bertz CT molecular complexity index is 557. The van der Waals surface area contributed by atoms with E-state index in [0.29, 0.717) is 16.6 Å². The van der Waals surface area contributed by atoms with Crippen molar-refractivity contribution in [2.75, 3.05) is 0 Å². The molecule has 2 rings (SSSR count). The number of ether oxygens (including phenoxy) is 1. The average molecular weight is 283 g/mol. The van der Waals surface area contributed by atoms with Crippen molar-refractivity contribution in [3.8, 4) is 0 Å². The number of carbonyl (C=O) groups excluding carboxylic acids is 1. The van der Waals surface area contributed by atoms with E-state index in [2.05, 4.69) is 4.98 Å². The lowest BCUT2D eigenvalue weighted by Crippen LogP contribution is -2.06. The molecule has 1 aromatic carbocycles. The minimum atomic E-state index is -0.467. The van der Waals surface area contributed by atoms with Gasteiger partial charge in [0, 0.05) is 22.5 Å². The molecule has 0 saturated heterocycles. The topological polar surface area (TPSA) is 65.2 Å². The van der Waals surface area contributed by atoms with Gasteiger partial charge in [0.15, 0.2) is 5.69 Å². The van der Waals surface area contributed by atoms with Crippen molar-refractivity contribution in [3.05, 3.63) is 50.9 Å². The lowest BCUT2D eigenvalue weighted by Gasteiger charge is -2.04. The molecule has 0 unspecified atom stereocenters. The summed E-state index contributed by atoms with van der Waals surface area (Å²) in [6.45, 7) is 0.455. The predicted molar refractivity (Wildman–Crippen MR) is 70.6 cm³/mol. The molecule has 94 valence electrons. The van der Waals surface area contributed by atoms with Gasteiger partial charge in [-0.3, -0.25) is 0 Å². The fourth-order valence-electron chi connectivity index (χ4n) is 1.33. The Morgan fingerprint density at radius 3 is 2.89 bits per heavy atom. The Hall–Kier alpha value is -1.43. The summed E-state index contributed by atoms with van der Waals surface area (Å²) in [5, 5.41) is 2.92. The average Bonchev–Trinajstić information content (AvgIpc) is 2.86. The molecule has 0 aliphatic heterocycles. The van der Waals surface area contributed by atoms with E-state index in [1.807, 2.05) is 18.2 Å². The van der Waals surface area contributed by atoms with Crippen LogP contribution in [0.4, 0.5) is 0 Å². The SMILES string of the molecule is NCc1nc(C(=O)OCc2ccccc2Cl)cs1. The van der Waals surface area contributed by atoms with E-state index in [1.54, 1.807) is 11.4 Å². The molecule has 0 aliphatic carbocycles. The second kappa shape index (κ2) is 5.95. The number of thiazole rings is 1. The molecule has 0 spiro atoms. The molecule has 6 heteroatoms. The zero-order chi connectivity index (χ0) is 13.0. The van der Waals surface area contributed by atoms with Gasteiger partial charge in [-0.1, -0.05) is 29.8 Å². The van der Waals surface area contributed by atoms with E-state index in [1.165, 1.54) is 11.3 Å². The number of halogens is 1. The highest BCUT2D eigenvalue weighted by molar-refractivity contribution is 7.09. The summed E-state index contributed by atoms with van der Waals surface area (Å²) < 4.78 is 5.13. The van der Waals surface area contributed by atoms with E-state index in [-0.39, 0.29) is 12.3 Å². The Morgan fingerprint density at radius 2 is 2.22 bits per heavy atom. The van der Waals surface area contributed by atoms with Crippen LogP contribution in [0.2, 0.25) is 5.02 Å². The summed E-state index contributed by atoms with van der Waals surface area (Å²) in [7, 11) is 0. The van der Waals surface area contributed by atoms with Crippen LogP contribution in [0, 0.1) is 0 Å². The van der Waals surface area contributed by atoms with E-state index in [4.69, 9.17) is 22.1 Å². The maximum Gasteiger partial charge on any atom is 0.358 e. The summed E-state index contributed by atoms with van der Waals surface area (Å²) in [6, 6.07) is 7.22. The van der Waals surface area contributed by atoms with Gasteiger partial charge >= 0.3 is 5.97 Å². The largest absolute Gasteiger partial charge is 0.456 e. The first-order chi connectivity index (χ1) is 8.70. The highest BCUT2D eigenvalue weighted by atomic mass is 35.5. The summed E-state index contributed by atoms with van der Waals surface area (Å²) in [4.78, 5) is 15.7. The molecule has 2 aromatic rings. The van der Waals surface area contributed by atoms with Gasteiger partial charge in [-0.25, -0.2) is 9.78 Å². The minimum absolute atomic E-state index is 0.133. The molecule has 0 amide bonds. The van der Waals surface area contributed by atoms with Crippen LogP contribution < -0.4 is 5.73 Å². The number of hydrogen-bond acceptors (Lipinski definition) is 5. The molecule has 0 saturated carbocycles. The lowest BCUT2D eigenvalue weighted by atomic mass is 10.2. The normalized spacial score (nSPS) is 10.3. The number of aromatic nitrogens is 1. The van der Waals surface area contributed by atoms with Crippen LogP contribution in [0.15, 0.2) is 29.6 Å². The van der Waals surface area contributed by atoms with Crippen molar-refractivity contribution in [1.82, 2.24) is 4.98 Å². The fourth-order valence-corrected chi connectivity index (χ4v) is 2.17. The molecule has 0 aliphatic rings. The van der Waals surface area contributed by atoms with Gasteiger partial charge in [0.1, 0.15) is 11.6 Å². The molecule has 0 radical (unpaired) electrons. The smallest absolute Gasteiger partial charge is 0.358 e. The third kappa shape index (κ3) is 3.07. The predicted octanol–water partition coefficient (Wildman–Crippen LogP) is 2.61. The van der Waals surface area contributed by atoms with E-state index in [9.17, 15) is 4.79 Å². The molecule has 18 heavy (non-hydrogen) atoms. The number of nitrogens with two attached hydrogens (primary N) is 1. The van der Waals surface area contributed by atoms with Crippen LogP contribution in [0.1, 0.15) is 21.1 Å². The van der Waals surface area contributed by atoms with Crippen molar-refractivity contribution in [3.63, 3.8) is 0 Å². The number of esters is 1. The molecular formula is C12H11ClN2O2S. The van der Waals surface area contributed by atoms with Crippen molar-refractivity contribution >= 4 is 28.9 Å². The molecule has 1 heterocycles. The monoisotopic (exact) mass is 282 g/mol. The third-order valence-electron chi connectivity index (χ3n) is 2.25. The van der Waals surface area contributed by atoms with Crippen LogP contribution in [-0.4, -0.2) is 11.0 Å². The van der Waals surface area contributed by atoms with Gasteiger partial charge in [0.2, 0.25) is 0 Å². The van der Waals surface area contributed by atoms with Crippen molar-refractivity contribution < 1.29 is 9.53 Å². The third-order valence-corrected chi connectivity index (χ3v) is 3.49. The van der Waals surface area contributed by atoms with Gasteiger partial charge in [0.05, 0.1) is 0 Å². The minimum Gasteiger partial charge on any atom is -0.456 e. The molecule has 4 nitrogen and oxygen atoms in total. The second-order valence-corrected chi connectivity index (χ2v) is 4.85. The Morgan fingerprint density at radius 1 is 1.44 bits per heavy atom. The Kier molecular flexibility index (Phi) is 4.30. The number of rotatable bonds is 4. The Balaban J connectivity index is 1.98.